The van der Waals surface area contributed by atoms with E-state index in [0.717, 1.165) is 5.56 Å². The van der Waals surface area contributed by atoms with E-state index in [2.05, 4.69) is 20.3 Å². The summed E-state index contributed by atoms with van der Waals surface area (Å²) in [7, 11) is 0. The van der Waals surface area contributed by atoms with Gasteiger partial charge in [-0.15, -0.1) is 0 Å². The average molecular weight is 423 g/mol. The third-order valence-electron chi connectivity index (χ3n) is 4.67. The lowest BCUT2D eigenvalue weighted by Gasteiger charge is -2.13. The van der Waals surface area contributed by atoms with Crippen LogP contribution in [0.25, 0.3) is 22.8 Å². The van der Waals surface area contributed by atoms with Gasteiger partial charge in [-0.2, -0.15) is 9.97 Å². The number of aromatic nitrogens is 4. The Kier molecular flexibility index (Phi) is 5.66. The molecule has 4 rings (SSSR count). The van der Waals surface area contributed by atoms with Crippen LogP contribution in [0.4, 0.5) is 10.1 Å². The minimum Gasteiger partial charge on any atom is -0.481 e. The van der Waals surface area contributed by atoms with E-state index in [1.165, 1.54) is 12.1 Å². The van der Waals surface area contributed by atoms with Gasteiger partial charge in [0.05, 0.1) is 5.69 Å². The summed E-state index contributed by atoms with van der Waals surface area (Å²) in [4.78, 5) is 8.75. The largest absolute Gasteiger partial charge is 0.481 e. The van der Waals surface area contributed by atoms with Gasteiger partial charge in [0.25, 0.3) is 5.89 Å². The van der Waals surface area contributed by atoms with Gasteiger partial charge in [-0.05, 0) is 48.9 Å². The van der Waals surface area contributed by atoms with Crippen molar-refractivity contribution in [3.8, 4) is 28.5 Å². The molecule has 8 nitrogen and oxygen atoms in total. The summed E-state index contributed by atoms with van der Waals surface area (Å²) in [5, 5.41) is 7.95. The third kappa shape index (κ3) is 4.40. The second-order valence-corrected chi connectivity index (χ2v) is 7.34. The fourth-order valence-corrected chi connectivity index (χ4v) is 2.89. The third-order valence-corrected chi connectivity index (χ3v) is 4.67. The maximum Gasteiger partial charge on any atom is 0.268 e. The van der Waals surface area contributed by atoms with Gasteiger partial charge in [0.1, 0.15) is 11.6 Å². The highest BCUT2D eigenvalue weighted by Gasteiger charge is 2.21. The van der Waals surface area contributed by atoms with Gasteiger partial charge in [0, 0.05) is 17.0 Å². The van der Waals surface area contributed by atoms with E-state index in [4.69, 9.17) is 19.5 Å². The Labute approximate surface area is 178 Å². The van der Waals surface area contributed by atoms with Crippen LogP contribution in [-0.2, 0) is 0 Å². The monoisotopic (exact) mass is 423 g/mol. The van der Waals surface area contributed by atoms with E-state index >= 15 is 0 Å². The fraction of sp³-hybridized carbons (Fsp3) is 0.273. The van der Waals surface area contributed by atoms with Gasteiger partial charge in [-0.25, -0.2) is 4.39 Å². The first kappa shape index (κ1) is 20.5. The van der Waals surface area contributed by atoms with Gasteiger partial charge in [0.2, 0.25) is 17.5 Å². The molecule has 0 aliphatic rings. The predicted octanol–water partition coefficient (Wildman–Crippen LogP) is 5.16. The number of halogens is 1. The minimum absolute atomic E-state index is 0.0620. The normalized spacial score (nSPS) is 12.3. The van der Waals surface area contributed by atoms with Crippen molar-refractivity contribution in [1.29, 1.82) is 0 Å². The van der Waals surface area contributed by atoms with Crippen molar-refractivity contribution in [2.45, 2.75) is 39.2 Å². The number of anilines is 1. The molecule has 2 aromatic carbocycles. The summed E-state index contributed by atoms with van der Waals surface area (Å²) < 4.78 is 30.4. The van der Waals surface area contributed by atoms with Crippen LogP contribution in [0.5, 0.6) is 5.75 Å². The number of rotatable bonds is 7. The summed E-state index contributed by atoms with van der Waals surface area (Å²) in [6, 6.07) is 11.7. The number of nitrogen functional groups attached to an aromatic ring is 1. The van der Waals surface area contributed by atoms with E-state index < -0.39 is 11.9 Å². The lowest BCUT2D eigenvalue weighted by Crippen LogP contribution is -2.07. The zero-order chi connectivity index (χ0) is 22.0. The number of nitrogens with two attached hydrogens (primary N) is 1. The van der Waals surface area contributed by atoms with Crippen molar-refractivity contribution >= 4 is 5.69 Å². The van der Waals surface area contributed by atoms with Crippen LogP contribution in [0.3, 0.4) is 0 Å². The molecule has 4 aromatic rings. The van der Waals surface area contributed by atoms with Gasteiger partial charge >= 0.3 is 0 Å². The number of nitrogens with zero attached hydrogens (tertiary/aromatic N) is 4. The highest BCUT2D eigenvalue weighted by molar-refractivity contribution is 5.59. The molecular formula is C22H22FN5O3. The van der Waals surface area contributed by atoms with E-state index in [-0.39, 0.29) is 17.4 Å². The number of ether oxygens (including phenoxy) is 1. The first-order valence-corrected chi connectivity index (χ1v) is 9.94. The maximum absolute atomic E-state index is 13.7. The highest BCUT2D eigenvalue weighted by Crippen LogP contribution is 2.28. The number of hydrogen-bond donors (Lipinski definition) is 1. The maximum atomic E-state index is 13.7. The van der Waals surface area contributed by atoms with Crippen LogP contribution < -0.4 is 10.5 Å². The summed E-state index contributed by atoms with van der Waals surface area (Å²) in [5.74, 6) is 1.95. The van der Waals surface area contributed by atoms with Crippen molar-refractivity contribution in [2.24, 2.45) is 0 Å². The molecule has 0 saturated carbocycles. The quantitative estimate of drug-likeness (QED) is 0.406. The minimum atomic E-state index is -0.533. The van der Waals surface area contributed by atoms with Crippen molar-refractivity contribution in [3.05, 3.63) is 60.1 Å². The molecule has 0 aliphatic heterocycles. The van der Waals surface area contributed by atoms with Crippen molar-refractivity contribution in [1.82, 2.24) is 20.3 Å². The first-order chi connectivity index (χ1) is 14.9. The zero-order valence-electron chi connectivity index (χ0n) is 17.4. The van der Waals surface area contributed by atoms with E-state index in [1.807, 2.05) is 45.0 Å². The second-order valence-electron chi connectivity index (χ2n) is 7.34. The van der Waals surface area contributed by atoms with Crippen molar-refractivity contribution < 1.29 is 18.2 Å². The molecule has 0 amide bonds. The SMILES string of the molecule is CCC(Oc1ccc(-c2noc(C(C)C)n2)cc1)c1nc(-c2ccc(N)c(F)c2)no1. The van der Waals surface area contributed by atoms with Gasteiger partial charge < -0.3 is 19.5 Å². The molecule has 1 unspecified atom stereocenters. The molecular weight excluding hydrogens is 401 g/mol. The standard InChI is InChI=1S/C22H22FN5O3/c1-4-18(22-26-20(28-31-22)14-7-10-17(24)16(23)11-14)29-15-8-5-13(6-9-15)19-25-21(12(2)3)30-27-19/h5-12,18H,4,24H2,1-3H3. The molecule has 0 radical (unpaired) electrons. The molecule has 0 spiro atoms. The van der Waals surface area contributed by atoms with Crippen LogP contribution in [0.15, 0.2) is 51.5 Å². The van der Waals surface area contributed by atoms with Gasteiger partial charge in [-0.1, -0.05) is 31.1 Å². The smallest absolute Gasteiger partial charge is 0.268 e. The van der Waals surface area contributed by atoms with Crippen molar-refractivity contribution in [3.63, 3.8) is 0 Å². The van der Waals surface area contributed by atoms with Crippen LogP contribution in [-0.4, -0.2) is 20.3 Å². The van der Waals surface area contributed by atoms with E-state index in [1.54, 1.807) is 6.07 Å². The molecule has 2 aromatic heterocycles. The average Bonchev–Trinajstić information content (AvgIpc) is 3.45. The van der Waals surface area contributed by atoms with Crippen LogP contribution >= 0.6 is 0 Å². The second kappa shape index (κ2) is 8.55. The molecule has 0 aliphatic carbocycles. The van der Waals surface area contributed by atoms with E-state index in [9.17, 15) is 4.39 Å². The van der Waals surface area contributed by atoms with Crippen LogP contribution in [0.2, 0.25) is 0 Å². The summed E-state index contributed by atoms with van der Waals surface area (Å²) >= 11 is 0. The lowest BCUT2D eigenvalue weighted by atomic mass is 10.2. The summed E-state index contributed by atoms with van der Waals surface area (Å²) in [6.45, 7) is 5.93. The summed E-state index contributed by atoms with van der Waals surface area (Å²) in [5.41, 5.74) is 6.87. The molecule has 160 valence electrons. The Hall–Kier alpha value is -3.75. The van der Waals surface area contributed by atoms with Crippen molar-refractivity contribution in [2.75, 3.05) is 5.73 Å². The molecule has 0 saturated heterocycles. The fourth-order valence-electron chi connectivity index (χ4n) is 2.89. The molecule has 0 bridgehead atoms. The zero-order valence-corrected chi connectivity index (χ0v) is 17.4. The predicted molar refractivity (Wildman–Crippen MR) is 112 cm³/mol. The Morgan fingerprint density at radius 1 is 0.935 bits per heavy atom. The summed E-state index contributed by atoms with van der Waals surface area (Å²) in [6.07, 6.45) is 0.144. The topological polar surface area (TPSA) is 113 Å². The molecule has 9 heteroatoms. The van der Waals surface area contributed by atoms with Crippen LogP contribution in [0.1, 0.15) is 51.0 Å². The van der Waals surface area contributed by atoms with Gasteiger partial charge in [0.15, 0.2) is 6.10 Å². The van der Waals surface area contributed by atoms with Gasteiger partial charge in [-0.3, -0.25) is 0 Å². The molecule has 1 atom stereocenters. The lowest BCUT2D eigenvalue weighted by molar-refractivity contribution is 0.154. The molecule has 0 fully saturated rings. The Balaban J connectivity index is 1.49. The highest BCUT2D eigenvalue weighted by atomic mass is 19.1. The number of benzene rings is 2. The number of hydrogen-bond acceptors (Lipinski definition) is 8. The Morgan fingerprint density at radius 3 is 2.16 bits per heavy atom. The van der Waals surface area contributed by atoms with E-state index in [0.29, 0.717) is 35.3 Å². The van der Waals surface area contributed by atoms with Crippen LogP contribution in [0, 0.1) is 5.82 Å². The molecule has 31 heavy (non-hydrogen) atoms. The first-order valence-electron chi connectivity index (χ1n) is 9.94. The molecule has 2 heterocycles. The molecule has 2 N–H and O–H groups in total. The Bertz CT molecular complexity index is 1170. The Morgan fingerprint density at radius 2 is 1.55 bits per heavy atom.